The molecule has 1 amide bonds. The average molecular weight is 327 g/mol. The molecule has 0 unspecified atom stereocenters. The van der Waals surface area contributed by atoms with E-state index in [0.29, 0.717) is 13.1 Å². The van der Waals surface area contributed by atoms with E-state index in [-0.39, 0.29) is 6.09 Å². The number of anilines is 2. The lowest BCUT2D eigenvalue weighted by Gasteiger charge is -2.37. The number of ether oxygens (including phenoxy) is 1. The van der Waals surface area contributed by atoms with E-state index < -0.39 is 5.60 Å². The summed E-state index contributed by atoms with van der Waals surface area (Å²) in [6.07, 6.45) is -0.232. The van der Waals surface area contributed by atoms with Gasteiger partial charge in [-0.05, 0) is 44.4 Å². The fourth-order valence-electron chi connectivity index (χ4n) is 3.01. The van der Waals surface area contributed by atoms with Crippen molar-refractivity contribution in [3.8, 4) is 0 Å². The minimum absolute atomic E-state index is 0.232. The van der Waals surface area contributed by atoms with Gasteiger partial charge in [-0.15, -0.1) is 0 Å². The van der Waals surface area contributed by atoms with Crippen LogP contribution in [-0.4, -0.2) is 42.8 Å². The number of carbonyl (C=O) groups excluding carboxylic acids is 1. The molecule has 1 saturated heterocycles. The summed E-state index contributed by atoms with van der Waals surface area (Å²) in [7, 11) is 0. The topological polar surface area (TPSA) is 58.8 Å². The van der Waals surface area contributed by atoms with Crippen LogP contribution in [0.5, 0.6) is 0 Å². The summed E-state index contributed by atoms with van der Waals surface area (Å²) in [5.41, 5.74) is 7.43. The van der Waals surface area contributed by atoms with E-state index in [1.54, 1.807) is 4.90 Å². The second kappa shape index (κ2) is 6.23. The van der Waals surface area contributed by atoms with Crippen LogP contribution in [0.3, 0.4) is 0 Å². The molecule has 1 aliphatic rings. The van der Waals surface area contributed by atoms with Gasteiger partial charge >= 0.3 is 6.09 Å². The standard InChI is InChI=1S/C19H25N3O2/c1-19(2,3)24-18(23)22-11-9-21(10-12-22)17-6-4-5-14-7-8-15(20)13-16(14)17/h4-8,13H,9-12,20H2,1-3H3. The molecule has 0 bridgehead atoms. The summed E-state index contributed by atoms with van der Waals surface area (Å²) < 4.78 is 5.46. The van der Waals surface area contributed by atoms with Crippen molar-refractivity contribution in [2.45, 2.75) is 26.4 Å². The van der Waals surface area contributed by atoms with Crippen molar-refractivity contribution in [1.82, 2.24) is 4.90 Å². The number of carbonyl (C=O) groups is 1. The SMILES string of the molecule is CC(C)(C)OC(=O)N1CCN(c2cccc3ccc(N)cc23)CC1. The van der Waals surface area contributed by atoms with E-state index in [4.69, 9.17) is 10.5 Å². The van der Waals surface area contributed by atoms with Gasteiger partial charge in [0, 0.05) is 42.9 Å². The molecular formula is C19H25N3O2. The molecule has 24 heavy (non-hydrogen) atoms. The summed E-state index contributed by atoms with van der Waals surface area (Å²) in [5.74, 6) is 0. The van der Waals surface area contributed by atoms with Gasteiger partial charge in [0.25, 0.3) is 0 Å². The molecule has 0 spiro atoms. The quantitative estimate of drug-likeness (QED) is 0.815. The molecule has 1 fully saturated rings. The molecule has 0 atom stereocenters. The fraction of sp³-hybridized carbons (Fsp3) is 0.421. The van der Waals surface area contributed by atoms with Crippen molar-refractivity contribution in [2.24, 2.45) is 0 Å². The van der Waals surface area contributed by atoms with Crippen LogP contribution >= 0.6 is 0 Å². The van der Waals surface area contributed by atoms with E-state index in [1.807, 2.05) is 39.0 Å². The Morgan fingerprint density at radius 3 is 2.46 bits per heavy atom. The van der Waals surface area contributed by atoms with Crippen molar-refractivity contribution >= 4 is 28.2 Å². The number of fused-ring (bicyclic) bond motifs is 1. The molecule has 1 heterocycles. The third-order valence-corrected chi connectivity index (χ3v) is 4.16. The van der Waals surface area contributed by atoms with Gasteiger partial charge in [-0.1, -0.05) is 18.2 Å². The lowest BCUT2D eigenvalue weighted by molar-refractivity contribution is 0.0241. The van der Waals surface area contributed by atoms with E-state index in [9.17, 15) is 4.79 Å². The Morgan fingerprint density at radius 2 is 1.79 bits per heavy atom. The van der Waals surface area contributed by atoms with Crippen LogP contribution in [0.4, 0.5) is 16.2 Å². The molecule has 1 aliphatic heterocycles. The van der Waals surface area contributed by atoms with Crippen LogP contribution in [0.15, 0.2) is 36.4 Å². The zero-order valence-electron chi connectivity index (χ0n) is 14.6. The average Bonchev–Trinajstić information content (AvgIpc) is 2.53. The third kappa shape index (κ3) is 3.55. The number of hydrogen-bond donors (Lipinski definition) is 1. The van der Waals surface area contributed by atoms with Gasteiger partial charge in [-0.25, -0.2) is 4.79 Å². The molecule has 0 aliphatic carbocycles. The number of hydrogen-bond acceptors (Lipinski definition) is 4. The van der Waals surface area contributed by atoms with Gasteiger partial charge in [0.05, 0.1) is 0 Å². The first kappa shape index (κ1) is 16.4. The molecule has 2 N–H and O–H groups in total. The molecule has 0 saturated carbocycles. The number of nitrogens with zero attached hydrogens (tertiary/aromatic N) is 2. The second-order valence-corrected chi connectivity index (χ2v) is 7.21. The van der Waals surface area contributed by atoms with E-state index in [2.05, 4.69) is 23.1 Å². The first-order chi connectivity index (χ1) is 11.3. The first-order valence-corrected chi connectivity index (χ1v) is 8.35. The highest BCUT2D eigenvalue weighted by Gasteiger charge is 2.26. The van der Waals surface area contributed by atoms with Crippen LogP contribution < -0.4 is 10.6 Å². The number of nitrogens with two attached hydrogens (primary N) is 1. The molecule has 2 aromatic carbocycles. The highest BCUT2D eigenvalue weighted by molar-refractivity contribution is 5.96. The van der Waals surface area contributed by atoms with Crippen molar-refractivity contribution in [1.29, 1.82) is 0 Å². The lowest BCUT2D eigenvalue weighted by atomic mass is 10.1. The molecule has 5 nitrogen and oxygen atoms in total. The van der Waals surface area contributed by atoms with Crippen LogP contribution in [0.2, 0.25) is 0 Å². The Morgan fingerprint density at radius 1 is 1.08 bits per heavy atom. The first-order valence-electron chi connectivity index (χ1n) is 8.35. The summed E-state index contributed by atoms with van der Waals surface area (Å²) in [6, 6.07) is 12.3. The van der Waals surface area contributed by atoms with E-state index in [1.165, 1.54) is 11.1 Å². The zero-order chi connectivity index (χ0) is 17.3. The summed E-state index contributed by atoms with van der Waals surface area (Å²) in [6.45, 7) is 8.56. The Kier molecular flexibility index (Phi) is 4.26. The second-order valence-electron chi connectivity index (χ2n) is 7.21. The van der Waals surface area contributed by atoms with Gasteiger partial charge in [0.15, 0.2) is 0 Å². The number of rotatable bonds is 1. The van der Waals surface area contributed by atoms with Crippen molar-refractivity contribution in [3.63, 3.8) is 0 Å². The molecule has 2 aromatic rings. The summed E-state index contributed by atoms with van der Waals surface area (Å²) in [4.78, 5) is 16.3. The van der Waals surface area contributed by atoms with Crippen LogP contribution in [0.1, 0.15) is 20.8 Å². The van der Waals surface area contributed by atoms with Gasteiger partial charge in [-0.3, -0.25) is 0 Å². The Balaban J connectivity index is 1.73. The Hall–Kier alpha value is -2.43. The largest absolute Gasteiger partial charge is 0.444 e. The highest BCUT2D eigenvalue weighted by atomic mass is 16.6. The van der Waals surface area contributed by atoms with Crippen molar-refractivity contribution in [3.05, 3.63) is 36.4 Å². The Labute approximate surface area is 143 Å². The van der Waals surface area contributed by atoms with Gasteiger partial charge in [0.1, 0.15) is 5.60 Å². The minimum atomic E-state index is -0.457. The molecule has 0 aromatic heterocycles. The van der Waals surface area contributed by atoms with Crippen molar-refractivity contribution in [2.75, 3.05) is 36.8 Å². The smallest absolute Gasteiger partial charge is 0.410 e. The fourth-order valence-corrected chi connectivity index (χ4v) is 3.01. The minimum Gasteiger partial charge on any atom is -0.444 e. The number of benzene rings is 2. The van der Waals surface area contributed by atoms with Crippen LogP contribution in [0.25, 0.3) is 10.8 Å². The number of amides is 1. The molecule has 0 radical (unpaired) electrons. The molecule has 3 rings (SSSR count). The monoisotopic (exact) mass is 327 g/mol. The maximum absolute atomic E-state index is 12.2. The van der Waals surface area contributed by atoms with Crippen LogP contribution in [0, 0.1) is 0 Å². The third-order valence-electron chi connectivity index (χ3n) is 4.16. The maximum Gasteiger partial charge on any atom is 0.410 e. The van der Waals surface area contributed by atoms with Crippen LogP contribution in [-0.2, 0) is 4.74 Å². The van der Waals surface area contributed by atoms with Gasteiger partial charge < -0.3 is 20.3 Å². The summed E-state index contributed by atoms with van der Waals surface area (Å²) >= 11 is 0. The lowest BCUT2D eigenvalue weighted by Crippen LogP contribution is -2.50. The van der Waals surface area contributed by atoms with Gasteiger partial charge in [-0.2, -0.15) is 0 Å². The molecule has 5 heteroatoms. The zero-order valence-corrected chi connectivity index (χ0v) is 14.6. The Bertz CT molecular complexity index is 744. The van der Waals surface area contributed by atoms with Crippen molar-refractivity contribution < 1.29 is 9.53 Å². The number of nitrogen functional groups attached to an aromatic ring is 1. The van der Waals surface area contributed by atoms with E-state index in [0.717, 1.165) is 24.2 Å². The predicted molar refractivity (Wildman–Crippen MR) is 98.4 cm³/mol. The normalized spacial score (nSPS) is 15.6. The maximum atomic E-state index is 12.2. The van der Waals surface area contributed by atoms with E-state index >= 15 is 0 Å². The summed E-state index contributed by atoms with van der Waals surface area (Å²) in [5, 5.41) is 2.33. The number of piperazine rings is 1. The highest BCUT2D eigenvalue weighted by Crippen LogP contribution is 2.29. The van der Waals surface area contributed by atoms with Gasteiger partial charge in [0.2, 0.25) is 0 Å². The predicted octanol–water partition coefficient (Wildman–Crippen LogP) is 3.48. The molecular weight excluding hydrogens is 302 g/mol. The molecule has 128 valence electrons.